The molecule has 34 heavy (non-hydrogen) atoms. The predicted molar refractivity (Wildman–Crippen MR) is 130 cm³/mol. The first-order valence-corrected chi connectivity index (χ1v) is 12.8. The summed E-state index contributed by atoms with van der Waals surface area (Å²) in [7, 11) is 0. The first kappa shape index (κ1) is 24.7. The van der Waals surface area contributed by atoms with Gasteiger partial charge in [0.1, 0.15) is 0 Å². The van der Waals surface area contributed by atoms with E-state index in [0.29, 0.717) is 18.4 Å². The fourth-order valence-corrected chi connectivity index (χ4v) is 7.14. The van der Waals surface area contributed by atoms with Gasteiger partial charge in [0.2, 0.25) is 11.8 Å². The van der Waals surface area contributed by atoms with E-state index in [1.165, 1.54) is 18.4 Å². The number of hydrogen-bond acceptors (Lipinski definition) is 4. The molecule has 1 aromatic carbocycles. The normalized spacial score (nSPS) is 27.9. The van der Waals surface area contributed by atoms with Gasteiger partial charge in [0.25, 0.3) is 6.47 Å². The maximum Gasteiger partial charge on any atom is 0.290 e. The van der Waals surface area contributed by atoms with E-state index in [2.05, 4.69) is 40.1 Å². The molecule has 3 aliphatic heterocycles. The Hall–Kier alpha value is -2.41. The molecule has 0 unspecified atom stereocenters. The van der Waals surface area contributed by atoms with Crippen LogP contribution in [0.2, 0.25) is 0 Å². The summed E-state index contributed by atoms with van der Waals surface area (Å²) in [5.41, 5.74) is 1.33. The lowest BCUT2D eigenvalue weighted by Gasteiger charge is -2.44. The van der Waals surface area contributed by atoms with Crippen molar-refractivity contribution in [1.29, 1.82) is 0 Å². The third-order valence-corrected chi connectivity index (χ3v) is 9.03. The molecule has 0 bridgehead atoms. The first-order valence-electron chi connectivity index (χ1n) is 12.8. The molecule has 0 radical (unpaired) electrons. The van der Waals surface area contributed by atoms with Crippen molar-refractivity contribution >= 4 is 18.3 Å². The van der Waals surface area contributed by atoms with Gasteiger partial charge in [-0.25, -0.2) is 0 Å². The third-order valence-electron chi connectivity index (χ3n) is 9.03. The number of carboxylic acid groups (broad SMARTS) is 1. The van der Waals surface area contributed by atoms with Crippen molar-refractivity contribution < 1.29 is 19.5 Å². The molecule has 1 N–H and O–H groups in total. The molecule has 1 aliphatic carbocycles. The summed E-state index contributed by atoms with van der Waals surface area (Å²) in [5, 5.41) is 6.89. The van der Waals surface area contributed by atoms with Crippen molar-refractivity contribution in [3.63, 3.8) is 0 Å². The van der Waals surface area contributed by atoms with Crippen LogP contribution >= 0.6 is 0 Å². The van der Waals surface area contributed by atoms with Gasteiger partial charge >= 0.3 is 0 Å². The summed E-state index contributed by atoms with van der Waals surface area (Å²) in [6.45, 7) is 8.05. The molecule has 2 atom stereocenters. The molecule has 4 fully saturated rings. The van der Waals surface area contributed by atoms with Gasteiger partial charge in [-0.3, -0.25) is 14.4 Å². The summed E-state index contributed by atoms with van der Waals surface area (Å²) < 4.78 is 0. The number of hydrogen-bond donors (Lipinski definition) is 1. The second-order valence-corrected chi connectivity index (χ2v) is 10.7. The molecule has 1 spiro atoms. The number of nitrogens with zero attached hydrogens (tertiary/aromatic N) is 3. The van der Waals surface area contributed by atoms with E-state index in [9.17, 15) is 9.59 Å². The van der Waals surface area contributed by atoms with E-state index in [4.69, 9.17) is 9.90 Å². The highest BCUT2D eigenvalue weighted by atomic mass is 16.3. The summed E-state index contributed by atoms with van der Waals surface area (Å²) in [6.07, 6.45) is 7.85. The second-order valence-electron chi connectivity index (χ2n) is 10.7. The Morgan fingerprint density at radius 1 is 1.00 bits per heavy atom. The third kappa shape index (κ3) is 4.72. The Kier molecular flexibility index (Phi) is 7.60. The highest BCUT2D eigenvalue weighted by Crippen LogP contribution is 2.62. The van der Waals surface area contributed by atoms with E-state index < -0.39 is 0 Å². The predicted octanol–water partition coefficient (Wildman–Crippen LogP) is 2.89. The second kappa shape index (κ2) is 10.5. The number of piperidine rings is 1. The summed E-state index contributed by atoms with van der Waals surface area (Å²) >= 11 is 0. The number of carbonyl (C=O) groups excluding carboxylic acids is 2. The number of fused-ring (bicyclic) bond motifs is 2. The zero-order valence-corrected chi connectivity index (χ0v) is 20.5. The maximum absolute atomic E-state index is 13.7. The quantitative estimate of drug-likeness (QED) is 0.686. The van der Waals surface area contributed by atoms with Gasteiger partial charge in [-0.1, -0.05) is 30.3 Å². The molecule has 2 amide bonds. The van der Waals surface area contributed by atoms with Gasteiger partial charge < -0.3 is 19.8 Å². The molecule has 4 aliphatic rings. The van der Waals surface area contributed by atoms with Crippen molar-refractivity contribution in [2.75, 3.05) is 45.8 Å². The van der Waals surface area contributed by atoms with Crippen LogP contribution in [-0.4, -0.2) is 83.9 Å². The Balaban J connectivity index is 0.000000868. The van der Waals surface area contributed by atoms with Gasteiger partial charge in [0.05, 0.1) is 5.41 Å². The van der Waals surface area contributed by atoms with Crippen molar-refractivity contribution in [2.45, 2.75) is 51.9 Å². The SMILES string of the molecule is CC(=O)N1C[C@H]2C3(CCN(CCc4ccccc4)CC3)CC[C@@]2(C(=O)N2CCCC2)C1.O=CO. The van der Waals surface area contributed by atoms with Gasteiger partial charge in [0.15, 0.2) is 0 Å². The minimum atomic E-state index is -0.317. The first-order chi connectivity index (χ1) is 16.4. The highest BCUT2D eigenvalue weighted by Gasteiger charge is 2.65. The average Bonchev–Trinajstić information content (AvgIpc) is 3.57. The van der Waals surface area contributed by atoms with Crippen molar-refractivity contribution in [2.24, 2.45) is 16.7 Å². The topological polar surface area (TPSA) is 81.2 Å². The van der Waals surface area contributed by atoms with E-state index in [1.807, 2.05) is 4.90 Å². The Bertz CT molecular complexity index is 862. The van der Waals surface area contributed by atoms with Gasteiger partial charge in [-0.05, 0) is 74.9 Å². The molecule has 7 nitrogen and oxygen atoms in total. The zero-order chi connectivity index (χ0) is 24.2. The maximum atomic E-state index is 13.7. The van der Waals surface area contributed by atoms with E-state index in [0.717, 1.165) is 71.4 Å². The molecule has 5 rings (SSSR count). The summed E-state index contributed by atoms with van der Waals surface area (Å²) in [6, 6.07) is 10.8. The highest BCUT2D eigenvalue weighted by molar-refractivity contribution is 5.86. The van der Waals surface area contributed by atoms with Crippen molar-refractivity contribution in [3.8, 4) is 0 Å². The molecular formula is C27H39N3O4. The Morgan fingerprint density at radius 3 is 2.26 bits per heavy atom. The minimum absolute atomic E-state index is 0.137. The fourth-order valence-electron chi connectivity index (χ4n) is 7.14. The lowest BCUT2D eigenvalue weighted by molar-refractivity contribution is -0.143. The monoisotopic (exact) mass is 469 g/mol. The Labute approximate surface area is 203 Å². The largest absolute Gasteiger partial charge is 0.483 e. The smallest absolute Gasteiger partial charge is 0.290 e. The minimum Gasteiger partial charge on any atom is -0.483 e. The van der Waals surface area contributed by atoms with Crippen molar-refractivity contribution in [1.82, 2.24) is 14.7 Å². The molecular weight excluding hydrogens is 430 g/mol. The lowest BCUT2D eigenvalue weighted by Crippen LogP contribution is -2.49. The van der Waals surface area contributed by atoms with Crippen LogP contribution < -0.4 is 0 Å². The Morgan fingerprint density at radius 2 is 1.65 bits per heavy atom. The summed E-state index contributed by atoms with van der Waals surface area (Å²) in [5.74, 6) is 0.842. The molecule has 1 aromatic rings. The molecule has 3 heterocycles. The van der Waals surface area contributed by atoms with Crippen LogP contribution in [0, 0.1) is 16.7 Å². The molecule has 1 saturated carbocycles. The standard InChI is InChI=1S/C26H37N3O2.CH2O2/c1-21(30)29-19-23-25(10-11-26(23,20-29)24(31)28-14-5-6-15-28)12-17-27(18-13-25)16-9-22-7-3-2-4-8-22;2-1-3/h2-4,7-8,23H,5-6,9-20H2,1H3;1H,(H,2,3)/t23-,26+;/m0./s1. The number of amides is 2. The van der Waals surface area contributed by atoms with Crippen LogP contribution in [0.3, 0.4) is 0 Å². The van der Waals surface area contributed by atoms with Crippen LogP contribution in [0.4, 0.5) is 0 Å². The van der Waals surface area contributed by atoms with E-state index in [1.54, 1.807) is 6.92 Å². The number of rotatable bonds is 4. The van der Waals surface area contributed by atoms with Crippen LogP contribution in [0.15, 0.2) is 30.3 Å². The number of benzene rings is 1. The lowest BCUT2D eigenvalue weighted by atomic mass is 9.65. The van der Waals surface area contributed by atoms with E-state index in [-0.39, 0.29) is 23.2 Å². The fraction of sp³-hybridized carbons (Fsp3) is 0.667. The molecule has 0 aromatic heterocycles. The van der Waals surface area contributed by atoms with Gasteiger partial charge in [0, 0.05) is 39.6 Å². The van der Waals surface area contributed by atoms with Crippen LogP contribution in [0.25, 0.3) is 0 Å². The van der Waals surface area contributed by atoms with Gasteiger partial charge in [-0.15, -0.1) is 0 Å². The van der Waals surface area contributed by atoms with Crippen LogP contribution in [-0.2, 0) is 20.8 Å². The van der Waals surface area contributed by atoms with E-state index >= 15 is 0 Å². The average molecular weight is 470 g/mol. The molecule has 7 heteroatoms. The zero-order valence-electron chi connectivity index (χ0n) is 20.5. The molecule has 186 valence electrons. The van der Waals surface area contributed by atoms with Crippen LogP contribution in [0.1, 0.15) is 51.0 Å². The van der Waals surface area contributed by atoms with Crippen molar-refractivity contribution in [3.05, 3.63) is 35.9 Å². The van der Waals surface area contributed by atoms with Gasteiger partial charge in [-0.2, -0.15) is 0 Å². The number of carbonyl (C=O) groups is 3. The summed E-state index contributed by atoms with van der Waals surface area (Å²) in [4.78, 5) is 41.1. The van der Waals surface area contributed by atoms with Crippen LogP contribution in [0.5, 0.6) is 0 Å². The molecule has 3 saturated heterocycles. The number of likely N-dealkylation sites (tertiary alicyclic amines) is 3.